The quantitative estimate of drug-likeness (QED) is 0.591. The van der Waals surface area contributed by atoms with E-state index >= 15 is 0 Å². The topological polar surface area (TPSA) is 34.1 Å². The Labute approximate surface area is 63.4 Å². The minimum absolute atomic E-state index is 2.42. The van der Waals surface area contributed by atoms with Gasteiger partial charge < -0.3 is 0 Å². The van der Waals surface area contributed by atoms with Crippen molar-refractivity contribution in [3.05, 3.63) is 0 Å². The summed E-state index contributed by atoms with van der Waals surface area (Å²) >= 11 is 0.104. The summed E-state index contributed by atoms with van der Waals surface area (Å²) in [5.41, 5.74) is 0. The van der Waals surface area contributed by atoms with E-state index in [-0.39, 0.29) is 0 Å². The molecule has 0 bridgehead atoms. The van der Waals surface area contributed by atoms with Crippen LogP contribution in [0.15, 0.2) is 0 Å². The monoisotopic (exact) mass is 259 g/mol. The molecule has 0 saturated heterocycles. The summed E-state index contributed by atoms with van der Waals surface area (Å²) < 4.78 is 17.1. The standard InChI is InChI=1S/Ce.Mn.2O.S. The van der Waals surface area contributed by atoms with Crippen LogP contribution in [0.4, 0.5) is 0 Å². The summed E-state index contributed by atoms with van der Waals surface area (Å²) in [6, 6.07) is 0. The van der Waals surface area contributed by atoms with Gasteiger partial charge in [-0.1, -0.05) is 0 Å². The normalized spacial score (nSPS) is 2.40. The van der Waals surface area contributed by atoms with Gasteiger partial charge in [-0.05, 0) is 0 Å². The van der Waals surface area contributed by atoms with Crippen molar-refractivity contribution in [3.8, 4) is 0 Å². The first kappa shape index (κ1) is 9.87. The third kappa shape index (κ3) is 26.8. The van der Waals surface area contributed by atoms with Gasteiger partial charge in [-0.25, -0.2) is 0 Å². The van der Waals surface area contributed by atoms with E-state index in [1.807, 2.05) is 0 Å². The van der Waals surface area contributed by atoms with Crippen molar-refractivity contribution in [1.82, 2.24) is 0 Å². The fraction of sp³-hybridized carbons (Fsp3) is 0. The van der Waals surface area contributed by atoms with Crippen LogP contribution in [-0.2, 0) is 16.3 Å². The van der Waals surface area contributed by atoms with Crippen LogP contribution >= 0.6 is 10.6 Å². The van der Waals surface area contributed by atoms with Crippen molar-refractivity contribution in [1.29, 1.82) is 0 Å². The zero-order valence-corrected chi connectivity index (χ0v) is 7.24. The second kappa shape index (κ2) is 17.2. The second-order valence-corrected chi connectivity index (χ2v) is 0.607. The molecule has 29 valence electrons. The Hall–Kier alpha value is 1.72. The van der Waals surface area contributed by atoms with Crippen molar-refractivity contribution < 1.29 is 54.1 Å². The average Bonchev–Trinajstić information content (AvgIpc) is 1.46. The molecule has 0 fully saturated rings. The molecule has 0 spiro atoms. The van der Waals surface area contributed by atoms with Crippen LogP contribution in [0.25, 0.3) is 0 Å². The van der Waals surface area contributed by atoms with Crippen molar-refractivity contribution in [3.63, 3.8) is 0 Å². The molecule has 2 nitrogen and oxygen atoms in total. The summed E-state index contributed by atoms with van der Waals surface area (Å²) in [7, 11) is 3.90. The molecule has 0 aliphatic rings. The number of rotatable bonds is 0. The van der Waals surface area contributed by atoms with E-state index in [0.717, 1.165) is 0 Å². The molecule has 0 saturated carbocycles. The first-order chi connectivity index (χ1) is 2.41. The summed E-state index contributed by atoms with van der Waals surface area (Å²) in [5, 5.41) is 0. The molecule has 5 heavy (non-hydrogen) atoms. The molecular formula is CeMnO2S. The molecule has 0 N–H and O–H groups in total. The van der Waals surface area contributed by atoms with Crippen LogP contribution in [-0.4, -0.2) is 0 Å². The first-order valence-electron chi connectivity index (χ1n) is 0.563. The van der Waals surface area contributed by atoms with Gasteiger partial charge in [-0.3, -0.25) is 0 Å². The maximum absolute atomic E-state index is 8.57. The SMILES string of the molecule is [O]=[Ce]=[O].[S]=[Mn]. The molecule has 0 amide bonds. The summed E-state index contributed by atoms with van der Waals surface area (Å²) in [6.45, 7) is 0. The van der Waals surface area contributed by atoms with Crippen LogP contribution in [0, 0.1) is 37.8 Å². The van der Waals surface area contributed by atoms with Gasteiger partial charge in [-0.15, -0.1) is 0 Å². The van der Waals surface area contributed by atoms with Crippen LogP contribution in [0.5, 0.6) is 0 Å². The number of hydrogen-bond acceptors (Lipinski definition) is 3. The summed E-state index contributed by atoms with van der Waals surface area (Å²) in [6.07, 6.45) is 0. The summed E-state index contributed by atoms with van der Waals surface area (Å²) in [4.78, 5) is 0. The van der Waals surface area contributed by atoms with E-state index in [2.05, 4.69) is 24.9 Å². The van der Waals surface area contributed by atoms with Gasteiger partial charge in [0, 0.05) is 0 Å². The van der Waals surface area contributed by atoms with E-state index in [9.17, 15) is 0 Å². The zero-order valence-electron chi connectivity index (χ0n) is 2.10. The van der Waals surface area contributed by atoms with E-state index in [0.29, 0.717) is 0 Å². The molecule has 5 heteroatoms. The van der Waals surface area contributed by atoms with Gasteiger partial charge in [0.25, 0.3) is 0 Å². The minimum atomic E-state index is -2.42. The Bertz CT molecular complexity index is 38.9. The molecule has 0 aliphatic heterocycles. The van der Waals surface area contributed by atoms with E-state index in [1.165, 1.54) is 0 Å². The Morgan fingerprint density at radius 2 is 1.40 bits per heavy atom. The van der Waals surface area contributed by atoms with Gasteiger partial charge in [0.15, 0.2) is 0 Å². The Morgan fingerprint density at radius 1 is 1.40 bits per heavy atom. The number of hydrogen-bond donors (Lipinski definition) is 0. The van der Waals surface area contributed by atoms with Crippen LogP contribution < -0.4 is 0 Å². The Kier molecular flexibility index (Phi) is 34.0. The molecule has 0 aromatic heterocycles. The zero-order chi connectivity index (χ0) is 4.71. The molecular weight excluding hydrogens is 259 g/mol. The molecule has 0 atom stereocenters. The maximum atomic E-state index is 8.57. The fourth-order valence-corrected chi connectivity index (χ4v) is 0. The van der Waals surface area contributed by atoms with Gasteiger partial charge in [0.2, 0.25) is 0 Å². The first-order valence-corrected chi connectivity index (χ1v) is 4.88. The molecule has 0 aromatic carbocycles. The Morgan fingerprint density at radius 3 is 1.40 bits per heavy atom. The third-order valence-corrected chi connectivity index (χ3v) is 0. The predicted octanol–water partition coefficient (Wildman–Crippen LogP) is 0.408. The van der Waals surface area contributed by atoms with E-state index in [4.69, 9.17) is 1.88 Å². The predicted molar refractivity (Wildman–Crippen MR) is 8.96 cm³/mol. The second-order valence-electron chi connectivity index (χ2n) is 0.0833. The molecule has 0 aliphatic carbocycles. The Balaban J connectivity index is 0. The molecule has 0 aromatic rings. The van der Waals surface area contributed by atoms with Crippen molar-refractivity contribution in [2.45, 2.75) is 0 Å². The average molecular weight is 259 g/mol. The fourth-order valence-electron chi connectivity index (χ4n) is 0. The molecule has 0 heterocycles. The van der Waals surface area contributed by atoms with E-state index < -0.39 is 37.8 Å². The van der Waals surface area contributed by atoms with Gasteiger partial charge in [-0.2, -0.15) is 0 Å². The molecule has 0 unspecified atom stereocenters. The van der Waals surface area contributed by atoms with E-state index in [1.54, 1.807) is 0 Å². The van der Waals surface area contributed by atoms with Crippen molar-refractivity contribution >= 4 is 10.6 Å². The van der Waals surface area contributed by atoms with Gasteiger partial charge >= 0.3 is 64.6 Å². The van der Waals surface area contributed by atoms with Crippen molar-refractivity contribution in [2.75, 3.05) is 0 Å². The third-order valence-electron chi connectivity index (χ3n) is 0. The van der Waals surface area contributed by atoms with Crippen LogP contribution in [0.1, 0.15) is 0 Å². The van der Waals surface area contributed by atoms with Crippen LogP contribution in [0.2, 0.25) is 0 Å². The molecule has 0 radical (unpaired) electrons. The molecule has 0 rings (SSSR count). The van der Waals surface area contributed by atoms with Crippen LogP contribution in [0.3, 0.4) is 0 Å². The van der Waals surface area contributed by atoms with Crippen molar-refractivity contribution in [2.24, 2.45) is 0 Å². The summed E-state index contributed by atoms with van der Waals surface area (Å²) in [5.74, 6) is 0. The van der Waals surface area contributed by atoms with Gasteiger partial charge in [0.05, 0.1) is 0 Å². The van der Waals surface area contributed by atoms with Gasteiger partial charge in [0.1, 0.15) is 0 Å².